The molecular formula is C77H61N11. The molecule has 0 unspecified atom stereocenters. The minimum Gasteiger partial charge on any atom is -0.306 e. The van der Waals surface area contributed by atoms with Crippen LogP contribution in [-0.2, 0) is 10.8 Å². The maximum Gasteiger partial charge on any atom is 0.238 e. The molecule has 0 saturated heterocycles. The van der Waals surface area contributed by atoms with Gasteiger partial charge in [0, 0.05) is 44.5 Å². The molecule has 4 heterocycles. The van der Waals surface area contributed by atoms with Crippen LogP contribution in [0, 0.1) is 0 Å². The van der Waals surface area contributed by atoms with E-state index in [-0.39, 0.29) is 10.8 Å². The Bertz CT molecular complexity index is 4430. The van der Waals surface area contributed by atoms with Gasteiger partial charge in [0.2, 0.25) is 5.95 Å². The Kier molecular flexibility index (Phi) is 14.1. The van der Waals surface area contributed by atoms with Crippen LogP contribution in [0.15, 0.2) is 261 Å². The molecule has 0 fully saturated rings. The van der Waals surface area contributed by atoms with Crippen molar-refractivity contribution in [3.8, 4) is 102 Å². The van der Waals surface area contributed by atoms with Gasteiger partial charge < -0.3 is 4.90 Å². The van der Waals surface area contributed by atoms with Crippen LogP contribution in [0.3, 0.4) is 0 Å². The molecule has 88 heavy (non-hydrogen) atoms. The number of rotatable bonds is 11. The number of fused-ring (bicyclic) bond motifs is 2. The van der Waals surface area contributed by atoms with Crippen LogP contribution in [0.25, 0.3) is 102 Å². The van der Waals surface area contributed by atoms with Crippen molar-refractivity contribution in [2.75, 3.05) is 9.80 Å². The van der Waals surface area contributed by atoms with Crippen LogP contribution in [0.4, 0.5) is 34.4 Å². The van der Waals surface area contributed by atoms with Crippen molar-refractivity contribution in [2.24, 2.45) is 0 Å². The third kappa shape index (κ3) is 10.7. The zero-order chi connectivity index (χ0) is 59.9. The summed E-state index contributed by atoms with van der Waals surface area (Å²) in [7, 11) is 0. The summed E-state index contributed by atoms with van der Waals surface area (Å²) in [5, 5.41) is 0. The fraction of sp³-hybridized carbons (Fsp3) is 0.104. The first kappa shape index (κ1) is 54.7. The summed E-state index contributed by atoms with van der Waals surface area (Å²) in [6.45, 7) is 13.7. The average molecular weight is 1140 g/mol. The minimum atomic E-state index is -0.219. The highest BCUT2D eigenvalue weighted by Gasteiger charge is 2.36. The molecule has 11 nitrogen and oxygen atoms in total. The Morgan fingerprint density at radius 1 is 0.216 bits per heavy atom. The van der Waals surface area contributed by atoms with Crippen molar-refractivity contribution in [3.05, 3.63) is 272 Å². The molecule has 0 bridgehead atoms. The average Bonchev–Trinajstić information content (AvgIpc) is 0.955. The number of benzene rings is 10. The second kappa shape index (κ2) is 22.7. The van der Waals surface area contributed by atoms with Crippen molar-refractivity contribution < 1.29 is 0 Å². The Balaban J connectivity index is 1.11. The highest BCUT2D eigenvalue weighted by atomic mass is 15.3. The monoisotopic (exact) mass is 1140 g/mol. The standard InChI is InChI=1S/C77H61N11/c1-76(2,3)57-45-56(46-58(47-57)77(4,5)6)59-49-66(87-62-41-25-27-43-64(62)88(65-44-28-26-42-63(65)87)75-85-71(54-37-21-11-22-38-54)80-72(86-75)55-39-23-12-24-40-55)61(74-83-69(52-33-17-9-18-34-52)79-70(84-74)53-35-19-10-20-36-53)48-60(59)73-81-67(50-29-13-7-14-30-50)78-68(82-73)51-31-15-8-16-32-51/h7-49H,1-6H3. The topological polar surface area (TPSA) is 122 Å². The zero-order valence-corrected chi connectivity index (χ0v) is 49.7. The fourth-order valence-corrected chi connectivity index (χ4v) is 11.2. The molecule has 0 atom stereocenters. The van der Waals surface area contributed by atoms with Gasteiger partial charge in [-0.1, -0.05) is 266 Å². The lowest BCUT2D eigenvalue weighted by Gasteiger charge is -2.40. The van der Waals surface area contributed by atoms with E-state index in [1.807, 2.05) is 182 Å². The summed E-state index contributed by atoms with van der Waals surface area (Å²) in [5.41, 5.74) is 14.7. The van der Waals surface area contributed by atoms with Gasteiger partial charge in [0.05, 0.1) is 28.4 Å². The number of hydrogen-bond donors (Lipinski definition) is 0. The molecule has 3 aromatic heterocycles. The van der Waals surface area contributed by atoms with Crippen LogP contribution in [-0.4, -0.2) is 44.9 Å². The summed E-state index contributed by atoms with van der Waals surface area (Å²) in [6, 6.07) is 89.1. The summed E-state index contributed by atoms with van der Waals surface area (Å²) >= 11 is 0. The molecule has 1 aliphatic heterocycles. The van der Waals surface area contributed by atoms with E-state index in [0.29, 0.717) is 58.1 Å². The van der Waals surface area contributed by atoms with Gasteiger partial charge in [-0.25, -0.2) is 34.9 Å². The number of aromatic nitrogens is 9. The fourth-order valence-electron chi connectivity index (χ4n) is 11.2. The summed E-state index contributed by atoms with van der Waals surface area (Å²) in [4.78, 5) is 52.8. The lowest BCUT2D eigenvalue weighted by Crippen LogP contribution is -2.26. The Labute approximate surface area is 513 Å². The minimum absolute atomic E-state index is 0.219. The summed E-state index contributed by atoms with van der Waals surface area (Å²) in [6.07, 6.45) is 0. The quantitative estimate of drug-likeness (QED) is 0.123. The van der Waals surface area contributed by atoms with E-state index in [9.17, 15) is 0 Å². The lowest BCUT2D eigenvalue weighted by atomic mass is 9.78. The van der Waals surface area contributed by atoms with Gasteiger partial charge in [-0.15, -0.1) is 0 Å². The van der Waals surface area contributed by atoms with Crippen molar-refractivity contribution in [3.63, 3.8) is 0 Å². The highest BCUT2D eigenvalue weighted by Crippen LogP contribution is 2.56. The summed E-state index contributed by atoms with van der Waals surface area (Å²) < 4.78 is 0. The zero-order valence-electron chi connectivity index (χ0n) is 49.7. The van der Waals surface area contributed by atoms with Gasteiger partial charge in [-0.05, 0) is 69.5 Å². The van der Waals surface area contributed by atoms with E-state index in [1.54, 1.807) is 0 Å². The Morgan fingerprint density at radius 2 is 0.489 bits per heavy atom. The maximum atomic E-state index is 5.53. The van der Waals surface area contributed by atoms with Gasteiger partial charge in [-0.2, -0.15) is 9.97 Å². The van der Waals surface area contributed by atoms with Crippen LogP contribution < -0.4 is 9.80 Å². The van der Waals surface area contributed by atoms with Gasteiger partial charge in [0.1, 0.15) is 0 Å². The molecule has 10 aromatic carbocycles. The third-order valence-corrected chi connectivity index (χ3v) is 15.8. The molecule has 0 N–H and O–H groups in total. The molecule has 1 aliphatic rings. The second-order valence-electron chi connectivity index (χ2n) is 24.0. The molecule has 0 radical (unpaired) electrons. The first-order valence-electron chi connectivity index (χ1n) is 29.6. The lowest BCUT2D eigenvalue weighted by molar-refractivity contribution is 0.569. The molecular weight excluding hydrogens is 1080 g/mol. The number of nitrogens with zero attached hydrogens (tertiary/aromatic N) is 11. The van der Waals surface area contributed by atoms with E-state index in [0.717, 1.165) is 78.5 Å². The molecule has 13 aromatic rings. The number of anilines is 6. The third-order valence-electron chi connectivity index (χ3n) is 15.8. The van der Waals surface area contributed by atoms with E-state index >= 15 is 0 Å². The number of para-hydroxylation sites is 4. The molecule has 0 aliphatic carbocycles. The molecule has 424 valence electrons. The van der Waals surface area contributed by atoms with E-state index in [2.05, 4.69) is 130 Å². The van der Waals surface area contributed by atoms with Crippen LogP contribution in [0.1, 0.15) is 52.7 Å². The van der Waals surface area contributed by atoms with Crippen molar-refractivity contribution in [1.82, 2.24) is 44.9 Å². The maximum absolute atomic E-state index is 5.53. The molecule has 0 spiro atoms. The molecule has 14 rings (SSSR count). The normalized spacial score (nSPS) is 12.2. The van der Waals surface area contributed by atoms with Gasteiger partial charge in [-0.3, -0.25) is 4.90 Å². The summed E-state index contributed by atoms with van der Waals surface area (Å²) in [5.74, 6) is 4.64. The van der Waals surface area contributed by atoms with Crippen LogP contribution in [0.5, 0.6) is 0 Å². The SMILES string of the molecule is CC(C)(C)c1cc(-c2cc(N3c4ccccc4N(c4nc(-c5ccccc5)nc(-c5ccccc5)n4)c4ccccc43)c(-c3nc(-c4ccccc4)nc(-c4ccccc4)n3)cc2-c2nc(-c3ccccc3)nc(-c3ccccc3)n2)cc(C(C)(C)C)c1. The van der Waals surface area contributed by atoms with Gasteiger partial charge in [0.25, 0.3) is 0 Å². The Hall–Kier alpha value is -11.2. The first-order valence-corrected chi connectivity index (χ1v) is 29.6. The predicted octanol–water partition coefficient (Wildman–Crippen LogP) is 19.1. The van der Waals surface area contributed by atoms with Crippen molar-refractivity contribution in [2.45, 2.75) is 52.4 Å². The van der Waals surface area contributed by atoms with Crippen molar-refractivity contribution >= 4 is 34.4 Å². The number of hydrogen-bond acceptors (Lipinski definition) is 11. The van der Waals surface area contributed by atoms with E-state index in [1.165, 1.54) is 11.1 Å². The van der Waals surface area contributed by atoms with E-state index in [4.69, 9.17) is 44.9 Å². The largest absolute Gasteiger partial charge is 0.306 e. The van der Waals surface area contributed by atoms with E-state index < -0.39 is 0 Å². The van der Waals surface area contributed by atoms with Gasteiger partial charge in [0.15, 0.2) is 46.6 Å². The second-order valence-corrected chi connectivity index (χ2v) is 24.0. The Morgan fingerprint density at radius 3 is 0.807 bits per heavy atom. The van der Waals surface area contributed by atoms with Crippen LogP contribution in [0.2, 0.25) is 0 Å². The molecule has 11 heteroatoms. The smallest absolute Gasteiger partial charge is 0.238 e. The highest BCUT2D eigenvalue weighted by molar-refractivity contribution is 6.05. The van der Waals surface area contributed by atoms with Gasteiger partial charge >= 0.3 is 0 Å². The molecule has 0 amide bonds. The molecule has 0 saturated carbocycles. The predicted molar refractivity (Wildman–Crippen MR) is 356 cm³/mol. The van der Waals surface area contributed by atoms with Crippen LogP contribution >= 0.6 is 0 Å². The first-order chi connectivity index (χ1) is 42.9. The van der Waals surface area contributed by atoms with Crippen molar-refractivity contribution in [1.29, 1.82) is 0 Å².